The second-order valence-corrected chi connectivity index (χ2v) is 7.86. The predicted octanol–water partition coefficient (Wildman–Crippen LogP) is 6.00. The Labute approximate surface area is 190 Å². The number of hydrogen-bond donors (Lipinski definition) is 1. The molecular weight excluding hydrogens is 426 g/mol. The van der Waals surface area contributed by atoms with Crippen LogP contribution in [-0.2, 0) is 11.2 Å². The molecule has 0 atom stereocenters. The van der Waals surface area contributed by atoms with Crippen molar-refractivity contribution in [2.75, 3.05) is 5.32 Å². The predicted molar refractivity (Wildman–Crippen MR) is 125 cm³/mol. The molecule has 3 aromatic carbocycles. The molecule has 0 radical (unpaired) electrons. The fraction of sp³-hybridized carbons (Fsp3) is 0.120. The monoisotopic (exact) mass is 445 g/mol. The molecule has 1 amide bonds. The number of aryl methyl sites for hydroxylation is 2. The number of benzene rings is 3. The number of nitro groups is 1. The average Bonchev–Trinajstić information content (AvgIpc) is 2.73. The summed E-state index contributed by atoms with van der Waals surface area (Å²) in [4.78, 5) is 22.8. The number of nitrogens with one attached hydrogen (secondary N) is 1. The lowest BCUT2D eigenvalue weighted by Crippen LogP contribution is -2.13. The van der Waals surface area contributed by atoms with Crippen LogP contribution in [0, 0.1) is 35.3 Å². The van der Waals surface area contributed by atoms with Crippen molar-refractivity contribution >= 4 is 35.0 Å². The molecule has 0 aromatic heterocycles. The Balaban J connectivity index is 1.79. The number of rotatable bonds is 6. The number of anilines is 1. The first kappa shape index (κ1) is 22.7. The third-order valence-electron chi connectivity index (χ3n) is 4.74. The van der Waals surface area contributed by atoms with Gasteiger partial charge in [-0.15, -0.1) is 0 Å². The number of nitrogens with zero attached hydrogens (tertiary/aromatic N) is 2. The van der Waals surface area contributed by atoms with E-state index < -0.39 is 10.8 Å². The molecule has 6 nitrogen and oxygen atoms in total. The SMILES string of the molecule is Cc1cc(C)cc(Cc2ccc(/C=C(\C#N)C(=O)Nc3cccc([N+](=O)[O-])c3)cc2Cl)c1. The molecule has 0 heterocycles. The van der Waals surface area contributed by atoms with E-state index in [1.165, 1.54) is 41.5 Å². The van der Waals surface area contributed by atoms with Crippen LogP contribution in [0.2, 0.25) is 5.02 Å². The van der Waals surface area contributed by atoms with Crippen molar-refractivity contribution in [1.29, 1.82) is 5.26 Å². The minimum absolute atomic E-state index is 0.144. The van der Waals surface area contributed by atoms with Crippen LogP contribution in [0.5, 0.6) is 0 Å². The first-order chi connectivity index (χ1) is 15.2. The van der Waals surface area contributed by atoms with E-state index in [1.54, 1.807) is 12.1 Å². The lowest BCUT2D eigenvalue weighted by molar-refractivity contribution is -0.384. The average molecular weight is 446 g/mol. The number of halogens is 1. The smallest absolute Gasteiger partial charge is 0.271 e. The van der Waals surface area contributed by atoms with Crippen LogP contribution in [0.15, 0.2) is 66.2 Å². The van der Waals surface area contributed by atoms with Gasteiger partial charge in [-0.25, -0.2) is 0 Å². The molecule has 0 spiro atoms. The zero-order chi connectivity index (χ0) is 23.3. The normalized spacial score (nSPS) is 11.0. The summed E-state index contributed by atoms with van der Waals surface area (Å²) in [5.74, 6) is -0.663. The first-order valence-corrected chi connectivity index (χ1v) is 10.2. The summed E-state index contributed by atoms with van der Waals surface area (Å²) in [6.45, 7) is 4.10. The Morgan fingerprint density at radius 1 is 1.12 bits per heavy atom. The molecule has 0 saturated carbocycles. The Morgan fingerprint density at radius 3 is 2.47 bits per heavy atom. The van der Waals surface area contributed by atoms with Gasteiger partial charge in [0.15, 0.2) is 0 Å². The Kier molecular flexibility index (Phi) is 7.04. The Hall–Kier alpha value is -3.95. The van der Waals surface area contributed by atoms with E-state index in [-0.39, 0.29) is 16.9 Å². The molecule has 3 rings (SSSR count). The summed E-state index contributed by atoms with van der Waals surface area (Å²) in [6.07, 6.45) is 2.10. The number of non-ortho nitro benzene ring substituents is 1. The fourth-order valence-corrected chi connectivity index (χ4v) is 3.65. The third-order valence-corrected chi connectivity index (χ3v) is 5.10. The van der Waals surface area contributed by atoms with Gasteiger partial charge >= 0.3 is 0 Å². The summed E-state index contributed by atoms with van der Waals surface area (Å²) in [6, 6.07) is 19.1. The minimum atomic E-state index is -0.663. The zero-order valence-corrected chi connectivity index (χ0v) is 18.3. The number of hydrogen-bond acceptors (Lipinski definition) is 4. The van der Waals surface area contributed by atoms with Crippen molar-refractivity contribution < 1.29 is 9.72 Å². The lowest BCUT2D eigenvalue weighted by atomic mass is 9.99. The van der Waals surface area contributed by atoms with Gasteiger partial charge in [0.2, 0.25) is 0 Å². The van der Waals surface area contributed by atoms with Crippen molar-refractivity contribution in [3.63, 3.8) is 0 Å². The maximum absolute atomic E-state index is 12.5. The molecule has 0 aliphatic rings. The number of nitro benzene ring substituents is 1. The molecule has 32 heavy (non-hydrogen) atoms. The van der Waals surface area contributed by atoms with E-state index in [2.05, 4.69) is 23.5 Å². The molecule has 3 aromatic rings. The number of carbonyl (C=O) groups is 1. The van der Waals surface area contributed by atoms with Crippen LogP contribution in [0.1, 0.15) is 27.8 Å². The van der Waals surface area contributed by atoms with Crippen molar-refractivity contribution in [2.45, 2.75) is 20.3 Å². The highest BCUT2D eigenvalue weighted by Crippen LogP contribution is 2.24. The fourth-order valence-electron chi connectivity index (χ4n) is 3.40. The minimum Gasteiger partial charge on any atom is -0.321 e. The molecule has 0 aliphatic heterocycles. The van der Waals surface area contributed by atoms with Crippen molar-refractivity contribution in [3.8, 4) is 6.07 Å². The largest absolute Gasteiger partial charge is 0.321 e. The standard InChI is InChI=1S/C25H20ClN3O3/c1-16-8-17(2)10-19(9-16)12-20-7-6-18(13-24(20)26)11-21(15-27)25(30)28-22-4-3-5-23(14-22)29(31)32/h3-11,13-14H,12H2,1-2H3,(H,28,30)/b21-11+. The highest BCUT2D eigenvalue weighted by atomic mass is 35.5. The molecule has 0 fully saturated rings. The quantitative estimate of drug-likeness (QED) is 0.218. The molecule has 0 bridgehead atoms. The van der Waals surface area contributed by atoms with Crippen LogP contribution in [0.4, 0.5) is 11.4 Å². The Morgan fingerprint density at radius 2 is 1.84 bits per heavy atom. The van der Waals surface area contributed by atoms with E-state index in [0.29, 0.717) is 17.0 Å². The molecular formula is C25H20ClN3O3. The summed E-state index contributed by atoms with van der Waals surface area (Å²) >= 11 is 6.47. The van der Waals surface area contributed by atoms with E-state index >= 15 is 0 Å². The Bertz CT molecular complexity index is 1260. The molecule has 1 N–H and O–H groups in total. The van der Waals surface area contributed by atoms with Crippen LogP contribution < -0.4 is 5.32 Å². The lowest BCUT2D eigenvalue weighted by Gasteiger charge is -2.08. The second-order valence-electron chi connectivity index (χ2n) is 7.45. The maximum atomic E-state index is 12.5. The van der Waals surface area contributed by atoms with Crippen molar-refractivity contribution in [1.82, 2.24) is 0 Å². The van der Waals surface area contributed by atoms with Gasteiger partial charge in [0.1, 0.15) is 11.6 Å². The van der Waals surface area contributed by atoms with Crippen LogP contribution in [0.25, 0.3) is 6.08 Å². The van der Waals surface area contributed by atoms with Crippen molar-refractivity contribution in [2.24, 2.45) is 0 Å². The van der Waals surface area contributed by atoms with E-state index in [9.17, 15) is 20.2 Å². The van der Waals surface area contributed by atoms with E-state index in [1.807, 2.05) is 26.0 Å². The molecule has 0 saturated heterocycles. The van der Waals surface area contributed by atoms with Crippen LogP contribution in [0.3, 0.4) is 0 Å². The van der Waals surface area contributed by atoms with Gasteiger partial charge in [-0.3, -0.25) is 14.9 Å². The van der Waals surface area contributed by atoms with Gasteiger partial charge in [-0.1, -0.05) is 59.1 Å². The summed E-state index contributed by atoms with van der Waals surface area (Å²) in [5, 5.41) is 23.4. The highest BCUT2D eigenvalue weighted by molar-refractivity contribution is 6.31. The molecule has 0 aliphatic carbocycles. The molecule has 160 valence electrons. The zero-order valence-electron chi connectivity index (χ0n) is 17.6. The van der Waals surface area contributed by atoms with Gasteiger partial charge in [0.05, 0.1) is 4.92 Å². The van der Waals surface area contributed by atoms with Gasteiger partial charge in [0.25, 0.3) is 11.6 Å². The van der Waals surface area contributed by atoms with Gasteiger partial charge < -0.3 is 5.32 Å². The van der Waals surface area contributed by atoms with Crippen LogP contribution in [-0.4, -0.2) is 10.8 Å². The topological polar surface area (TPSA) is 96.0 Å². The summed E-state index contributed by atoms with van der Waals surface area (Å²) in [7, 11) is 0. The van der Waals surface area contributed by atoms with Gasteiger partial charge in [-0.2, -0.15) is 5.26 Å². The van der Waals surface area contributed by atoms with Crippen molar-refractivity contribution in [3.05, 3.63) is 109 Å². The van der Waals surface area contributed by atoms with E-state index in [0.717, 1.165) is 11.1 Å². The maximum Gasteiger partial charge on any atom is 0.271 e. The van der Waals surface area contributed by atoms with Gasteiger partial charge in [-0.05, 0) is 55.2 Å². The molecule has 0 unspecified atom stereocenters. The van der Waals surface area contributed by atoms with E-state index in [4.69, 9.17) is 11.6 Å². The number of amides is 1. The summed E-state index contributed by atoms with van der Waals surface area (Å²) in [5.41, 5.74) is 4.99. The number of carbonyl (C=O) groups excluding carboxylic acids is 1. The first-order valence-electron chi connectivity index (χ1n) is 9.78. The highest BCUT2D eigenvalue weighted by Gasteiger charge is 2.13. The summed E-state index contributed by atoms with van der Waals surface area (Å²) < 4.78 is 0. The van der Waals surface area contributed by atoms with Gasteiger partial charge in [0, 0.05) is 22.8 Å². The molecule has 7 heteroatoms. The number of nitriles is 1. The third kappa shape index (κ3) is 5.81. The second kappa shape index (κ2) is 9.90. The van der Waals surface area contributed by atoms with Crippen LogP contribution >= 0.6 is 11.6 Å².